The average Bonchev–Trinajstić information content (AvgIpc) is 2.48. The van der Waals surface area contributed by atoms with Gasteiger partial charge in [0.25, 0.3) is 0 Å². The predicted molar refractivity (Wildman–Crippen MR) is 43.6 cm³/mol. The normalized spacial score (nSPS) is 12.9. The second-order valence-corrected chi connectivity index (χ2v) is 2.55. The van der Waals surface area contributed by atoms with Crippen molar-refractivity contribution < 1.29 is 4.79 Å². The van der Waals surface area contributed by atoms with Gasteiger partial charge >= 0.3 is 0 Å². The van der Waals surface area contributed by atoms with Crippen molar-refractivity contribution in [3.63, 3.8) is 0 Å². The van der Waals surface area contributed by atoms with Crippen molar-refractivity contribution in [1.82, 2.24) is 5.53 Å². The molecule has 0 fully saturated rings. The number of benzene rings is 1. The quantitative estimate of drug-likeness (QED) is 0.513. The number of nitrogens with zero attached hydrogens (tertiary/aromatic N) is 2. The highest BCUT2D eigenvalue weighted by Crippen LogP contribution is 2.02. The average molecular weight is 161 g/mol. The Morgan fingerprint density at radius 1 is 1.58 bits per heavy atom. The summed E-state index contributed by atoms with van der Waals surface area (Å²) in [5.41, 5.74) is 3.64. The second-order valence-electron chi connectivity index (χ2n) is 2.55. The molecule has 0 saturated carbocycles. The maximum absolute atomic E-state index is 10.4. The minimum absolute atomic E-state index is 0.490. The van der Waals surface area contributed by atoms with Crippen LogP contribution in [0.1, 0.15) is 0 Å². The SMILES string of the molecule is CN1NN=c2c1cccc2=C=O. The van der Waals surface area contributed by atoms with Crippen LogP contribution >= 0.6 is 0 Å². The van der Waals surface area contributed by atoms with Gasteiger partial charge in [-0.25, -0.2) is 10.3 Å². The minimum atomic E-state index is 0.490. The minimum Gasteiger partial charge on any atom is -0.273 e. The van der Waals surface area contributed by atoms with Gasteiger partial charge in [0.1, 0.15) is 11.3 Å². The number of para-hydroxylation sites is 1. The van der Waals surface area contributed by atoms with Crippen molar-refractivity contribution in [3.8, 4) is 0 Å². The smallest absolute Gasteiger partial charge is 0.134 e. The van der Waals surface area contributed by atoms with Gasteiger partial charge in [0.05, 0.1) is 10.9 Å². The zero-order valence-electron chi connectivity index (χ0n) is 6.53. The van der Waals surface area contributed by atoms with E-state index in [9.17, 15) is 4.79 Å². The van der Waals surface area contributed by atoms with Crippen molar-refractivity contribution in [2.45, 2.75) is 0 Å². The van der Waals surface area contributed by atoms with E-state index in [0.717, 1.165) is 5.69 Å². The fourth-order valence-electron chi connectivity index (χ4n) is 1.18. The fourth-order valence-corrected chi connectivity index (χ4v) is 1.18. The molecular weight excluding hydrogens is 154 g/mol. The van der Waals surface area contributed by atoms with Crippen LogP contribution < -0.4 is 21.1 Å². The van der Waals surface area contributed by atoms with Gasteiger partial charge in [0, 0.05) is 7.05 Å². The summed E-state index contributed by atoms with van der Waals surface area (Å²) < 4.78 is 0. The van der Waals surface area contributed by atoms with E-state index in [2.05, 4.69) is 10.6 Å². The molecule has 2 rings (SSSR count). The maximum Gasteiger partial charge on any atom is 0.134 e. The highest BCUT2D eigenvalue weighted by molar-refractivity contribution is 5.53. The Labute approximate surface area is 68.8 Å². The molecule has 1 heterocycles. The molecule has 1 aromatic rings. The number of hydrazine groups is 1. The first-order valence-corrected chi connectivity index (χ1v) is 3.54. The molecule has 4 heteroatoms. The molecule has 0 aromatic heterocycles. The molecule has 0 atom stereocenters. The third-order valence-electron chi connectivity index (χ3n) is 1.80. The number of rotatable bonds is 0. The Bertz CT molecular complexity index is 448. The highest BCUT2D eigenvalue weighted by Gasteiger charge is 2.08. The molecule has 1 aliphatic rings. The van der Waals surface area contributed by atoms with Gasteiger partial charge in [-0.05, 0) is 12.1 Å². The first-order chi connectivity index (χ1) is 5.83. The summed E-state index contributed by atoms with van der Waals surface area (Å²) in [5.74, 6) is 1.84. The van der Waals surface area contributed by atoms with Crippen molar-refractivity contribution in [3.05, 3.63) is 28.8 Å². The maximum atomic E-state index is 10.4. The lowest BCUT2D eigenvalue weighted by Crippen LogP contribution is -2.28. The number of nitrogens with one attached hydrogen (secondary N) is 1. The molecule has 0 amide bonds. The van der Waals surface area contributed by atoms with Crippen LogP contribution in [0.15, 0.2) is 23.3 Å². The van der Waals surface area contributed by atoms with Crippen LogP contribution in [0.4, 0.5) is 5.69 Å². The fraction of sp³-hybridized carbons (Fsp3) is 0.125. The molecule has 0 bridgehead atoms. The van der Waals surface area contributed by atoms with Crippen molar-refractivity contribution in [1.29, 1.82) is 0 Å². The van der Waals surface area contributed by atoms with Gasteiger partial charge in [0.15, 0.2) is 0 Å². The summed E-state index contributed by atoms with van der Waals surface area (Å²) in [7, 11) is 1.84. The zero-order chi connectivity index (χ0) is 8.55. The lowest BCUT2D eigenvalue weighted by Gasteiger charge is -2.09. The van der Waals surface area contributed by atoms with E-state index in [1.54, 1.807) is 17.1 Å². The number of anilines is 1. The van der Waals surface area contributed by atoms with E-state index in [1.807, 2.05) is 19.1 Å². The Morgan fingerprint density at radius 2 is 2.42 bits per heavy atom. The molecule has 0 spiro atoms. The largest absolute Gasteiger partial charge is 0.273 e. The van der Waals surface area contributed by atoms with E-state index < -0.39 is 0 Å². The van der Waals surface area contributed by atoms with Crippen molar-refractivity contribution in [2.24, 2.45) is 5.10 Å². The Morgan fingerprint density at radius 3 is 3.17 bits per heavy atom. The van der Waals surface area contributed by atoms with Crippen LogP contribution in [0, 0.1) is 0 Å². The molecule has 1 N–H and O–H groups in total. The molecule has 60 valence electrons. The molecule has 1 aliphatic heterocycles. The summed E-state index contributed by atoms with van der Waals surface area (Å²) in [6, 6.07) is 5.38. The first kappa shape index (κ1) is 6.88. The summed E-state index contributed by atoms with van der Waals surface area (Å²) in [6.07, 6.45) is 0. The van der Waals surface area contributed by atoms with Crippen LogP contribution in [0.2, 0.25) is 0 Å². The number of fused-ring (bicyclic) bond motifs is 1. The molecule has 0 saturated heterocycles. The van der Waals surface area contributed by atoms with Crippen LogP contribution in [0.5, 0.6) is 0 Å². The third kappa shape index (κ3) is 0.790. The van der Waals surface area contributed by atoms with Crippen molar-refractivity contribution >= 4 is 11.6 Å². The molecular formula is C8H7N3O. The summed E-state index contributed by atoms with van der Waals surface area (Å²) in [6.45, 7) is 0. The standard InChI is InChI=1S/C8H7N3O/c1-11-7-4-2-3-6(5-12)8(7)9-10-11/h2-4,10H,1H3. The summed E-state index contributed by atoms with van der Waals surface area (Å²) in [4.78, 5) is 10.4. The van der Waals surface area contributed by atoms with Gasteiger partial charge < -0.3 is 0 Å². The molecule has 0 radical (unpaired) electrons. The van der Waals surface area contributed by atoms with Crippen LogP contribution in [-0.4, -0.2) is 13.0 Å². The molecule has 0 unspecified atom stereocenters. The van der Waals surface area contributed by atoms with E-state index in [1.165, 1.54) is 0 Å². The predicted octanol–water partition coefficient (Wildman–Crippen LogP) is -1.32. The van der Waals surface area contributed by atoms with Crippen LogP contribution in [0.3, 0.4) is 0 Å². The Hall–Kier alpha value is -1.80. The first-order valence-electron chi connectivity index (χ1n) is 3.54. The van der Waals surface area contributed by atoms with Gasteiger partial charge in [-0.15, -0.1) is 0 Å². The monoisotopic (exact) mass is 161 g/mol. The van der Waals surface area contributed by atoms with Gasteiger partial charge in [-0.2, -0.15) is 5.10 Å². The number of carbonyl (C=O) groups excluding carboxylic acids is 1. The van der Waals surface area contributed by atoms with Gasteiger partial charge in [-0.3, -0.25) is 5.01 Å². The molecule has 12 heavy (non-hydrogen) atoms. The lowest BCUT2D eigenvalue weighted by molar-refractivity contribution is 0.567. The van der Waals surface area contributed by atoms with Crippen LogP contribution in [-0.2, 0) is 4.79 Å². The van der Waals surface area contributed by atoms with Crippen molar-refractivity contribution in [2.75, 3.05) is 12.1 Å². The molecule has 0 aliphatic carbocycles. The summed E-state index contributed by atoms with van der Waals surface area (Å²) in [5, 5.41) is 6.86. The molecule has 1 aromatic carbocycles. The van der Waals surface area contributed by atoms with Gasteiger partial charge in [-0.1, -0.05) is 6.07 Å². The summed E-state index contributed by atoms with van der Waals surface area (Å²) >= 11 is 0. The van der Waals surface area contributed by atoms with Crippen LogP contribution in [0.25, 0.3) is 0 Å². The Balaban J connectivity index is 2.90. The topological polar surface area (TPSA) is 44.7 Å². The van der Waals surface area contributed by atoms with E-state index in [-0.39, 0.29) is 0 Å². The van der Waals surface area contributed by atoms with E-state index in [4.69, 9.17) is 0 Å². The van der Waals surface area contributed by atoms with Gasteiger partial charge in [0.2, 0.25) is 0 Å². The van der Waals surface area contributed by atoms with E-state index >= 15 is 0 Å². The van der Waals surface area contributed by atoms with E-state index in [0.29, 0.717) is 10.6 Å². The third-order valence-corrected chi connectivity index (χ3v) is 1.80. The lowest BCUT2D eigenvalue weighted by atomic mass is 10.2. The zero-order valence-corrected chi connectivity index (χ0v) is 6.53. The Kier molecular flexibility index (Phi) is 1.35. The second kappa shape index (κ2) is 2.36. The number of hydrogen-bond acceptors (Lipinski definition) is 4. The number of hydrogen-bond donors (Lipinski definition) is 1. The highest BCUT2D eigenvalue weighted by atomic mass is 16.1. The molecule has 4 nitrogen and oxygen atoms in total.